The first-order valence-electron chi connectivity index (χ1n) is 9.05. The molecule has 5 nitrogen and oxygen atoms in total. The summed E-state index contributed by atoms with van der Waals surface area (Å²) in [5.74, 6) is 1.03. The maximum absolute atomic E-state index is 12.1. The zero-order valence-electron chi connectivity index (χ0n) is 14.4. The third-order valence-electron chi connectivity index (χ3n) is 5.09. The average Bonchev–Trinajstić information content (AvgIpc) is 3.02. The first-order chi connectivity index (χ1) is 11.6. The van der Waals surface area contributed by atoms with E-state index >= 15 is 0 Å². The Morgan fingerprint density at radius 3 is 2.50 bits per heavy atom. The topological polar surface area (TPSA) is 61.4 Å². The van der Waals surface area contributed by atoms with Crippen LogP contribution >= 0.6 is 0 Å². The SMILES string of the molecule is CC1CCC(NC(=O)CNc2ccc(N3CCCC3=O)cc2)CC1. The van der Waals surface area contributed by atoms with Crippen molar-refractivity contribution in [3.05, 3.63) is 24.3 Å². The number of hydrogen-bond donors (Lipinski definition) is 2. The van der Waals surface area contributed by atoms with Crippen molar-refractivity contribution in [1.82, 2.24) is 5.32 Å². The monoisotopic (exact) mass is 329 g/mol. The largest absolute Gasteiger partial charge is 0.376 e. The summed E-state index contributed by atoms with van der Waals surface area (Å²) >= 11 is 0. The van der Waals surface area contributed by atoms with Crippen molar-refractivity contribution in [1.29, 1.82) is 0 Å². The van der Waals surface area contributed by atoms with Gasteiger partial charge in [0.05, 0.1) is 6.54 Å². The second-order valence-electron chi connectivity index (χ2n) is 7.07. The minimum Gasteiger partial charge on any atom is -0.376 e. The molecule has 2 N–H and O–H groups in total. The van der Waals surface area contributed by atoms with Gasteiger partial charge >= 0.3 is 0 Å². The molecule has 130 valence electrons. The Morgan fingerprint density at radius 2 is 1.88 bits per heavy atom. The summed E-state index contributed by atoms with van der Waals surface area (Å²) in [5.41, 5.74) is 1.83. The van der Waals surface area contributed by atoms with Crippen LogP contribution in [0.3, 0.4) is 0 Å². The smallest absolute Gasteiger partial charge is 0.239 e. The highest BCUT2D eigenvalue weighted by Crippen LogP contribution is 2.24. The molecule has 24 heavy (non-hydrogen) atoms. The molecule has 0 radical (unpaired) electrons. The number of amides is 2. The molecular formula is C19H27N3O2. The molecule has 0 spiro atoms. The average molecular weight is 329 g/mol. The quantitative estimate of drug-likeness (QED) is 0.873. The summed E-state index contributed by atoms with van der Waals surface area (Å²) in [6.07, 6.45) is 6.15. The lowest BCUT2D eigenvalue weighted by molar-refractivity contribution is -0.120. The van der Waals surface area contributed by atoms with Crippen LogP contribution in [0.5, 0.6) is 0 Å². The van der Waals surface area contributed by atoms with E-state index in [9.17, 15) is 9.59 Å². The molecule has 1 saturated heterocycles. The van der Waals surface area contributed by atoms with Crippen LogP contribution in [0.15, 0.2) is 24.3 Å². The standard InChI is InChI=1S/C19H27N3O2/c1-14-4-6-16(7-5-14)21-18(23)13-20-15-8-10-17(11-9-15)22-12-2-3-19(22)24/h8-11,14,16,20H,2-7,12-13H2,1H3,(H,21,23). The van der Waals surface area contributed by atoms with E-state index in [4.69, 9.17) is 0 Å². The van der Waals surface area contributed by atoms with Crippen LogP contribution in [0.1, 0.15) is 45.4 Å². The molecule has 5 heteroatoms. The zero-order valence-corrected chi connectivity index (χ0v) is 14.4. The molecule has 2 amide bonds. The molecule has 0 aromatic heterocycles. The van der Waals surface area contributed by atoms with Gasteiger partial charge in [-0.25, -0.2) is 0 Å². The van der Waals surface area contributed by atoms with Crippen molar-refractivity contribution in [3.8, 4) is 0 Å². The molecule has 2 fully saturated rings. The van der Waals surface area contributed by atoms with Crippen LogP contribution in [0.4, 0.5) is 11.4 Å². The van der Waals surface area contributed by atoms with Crippen molar-refractivity contribution in [3.63, 3.8) is 0 Å². The van der Waals surface area contributed by atoms with Crippen LogP contribution in [0.25, 0.3) is 0 Å². The van der Waals surface area contributed by atoms with Gasteiger partial charge in [-0.2, -0.15) is 0 Å². The summed E-state index contributed by atoms with van der Waals surface area (Å²) in [7, 11) is 0. The van der Waals surface area contributed by atoms with Gasteiger partial charge in [0.1, 0.15) is 0 Å². The molecule has 3 rings (SSSR count). The lowest BCUT2D eigenvalue weighted by Crippen LogP contribution is -2.40. The lowest BCUT2D eigenvalue weighted by Gasteiger charge is -2.27. The molecular weight excluding hydrogens is 302 g/mol. The third-order valence-corrected chi connectivity index (χ3v) is 5.09. The predicted octanol–water partition coefficient (Wildman–Crippen LogP) is 2.92. The number of benzene rings is 1. The lowest BCUT2D eigenvalue weighted by atomic mass is 9.87. The summed E-state index contributed by atoms with van der Waals surface area (Å²) in [6, 6.07) is 8.06. The van der Waals surface area contributed by atoms with Crippen LogP contribution < -0.4 is 15.5 Å². The number of nitrogens with zero attached hydrogens (tertiary/aromatic N) is 1. The fraction of sp³-hybridized carbons (Fsp3) is 0.579. The Bertz CT molecular complexity index is 577. The van der Waals surface area contributed by atoms with Crippen molar-refractivity contribution in [2.45, 2.75) is 51.5 Å². The number of carbonyl (C=O) groups is 2. The molecule has 1 aromatic rings. The van der Waals surface area contributed by atoms with Crippen molar-refractivity contribution >= 4 is 23.2 Å². The molecule has 0 bridgehead atoms. The number of carbonyl (C=O) groups excluding carboxylic acids is 2. The Kier molecular flexibility index (Phi) is 5.38. The summed E-state index contributed by atoms with van der Waals surface area (Å²) in [6.45, 7) is 3.36. The molecule has 1 heterocycles. The Balaban J connectivity index is 1.44. The summed E-state index contributed by atoms with van der Waals surface area (Å²) in [4.78, 5) is 25.6. The van der Waals surface area contributed by atoms with E-state index in [1.54, 1.807) is 0 Å². The summed E-state index contributed by atoms with van der Waals surface area (Å²) < 4.78 is 0. The Morgan fingerprint density at radius 1 is 1.17 bits per heavy atom. The highest BCUT2D eigenvalue weighted by Gasteiger charge is 2.21. The van der Waals surface area contributed by atoms with E-state index in [2.05, 4.69) is 17.6 Å². The molecule has 2 aliphatic rings. The maximum Gasteiger partial charge on any atom is 0.239 e. The molecule has 1 aliphatic carbocycles. The van der Waals surface area contributed by atoms with Gasteiger partial charge in [0, 0.05) is 30.4 Å². The maximum atomic E-state index is 12.1. The first-order valence-corrected chi connectivity index (χ1v) is 9.05. The number of nitrogens with one attached hydrogen (secondary N) is 2. The number of hydrogen-bond acceptors (Lipinski definition) is 3. The second-order valence-corrected chi connectivity index (χ2v) is 7.07. The van der Waals surface area contributed by atoms with Crippen LogP contribution in [-0.4, -0.2) is 30.9 Å². The van der Waals surface area contributed by atoms with Crippen molar-refractivity contribution in [2.75, 3.05) is 23.3 Å². The molecule has 0 atom stereocenters. The predicted molar refractivity (Wildman–Crippen MR) is 96.1 cm³/mol. The molecule has 1 aliphatic heterocycles. The van der Waals surface area contributed by atoms with Crippen LogP contribution in [-0.2, 0) is 9.59 Å². The van der Waals surface area contributed by atoms with E-state index in [1.165, 1.54) is 12.8 Å². The van der Waals surface area contributed by atoms with Gasteiger partial charge in [0.15, 0.2) is 0 Å². The van der Waals surface area contributed by atoms with Gasteiger partial charge in [-0.1, -0.05) is 6.92 Å². The molecule has 1 saturated carbocycles. The van der Waals surface area contributed by atoms with E-state index < -0.39 is 0 Å². The van der Waals surface area contributed by atoms with E-state index in [0.29, 0.717) is 12.5 Å². The van der Waals surface area contributed by atoms with Gasteiger partial charge < -0.3 is 15.5 Å². The fourth-order valence-electron chi connectivity index (χ4n) is 3.55. The van der Waals surface area contributed by atoms with Gasteiger partial charge in [-0.05, 0) is 62.3 Å². The molecule has 1 aromatic carbocycles. The molecule has 0 unspecified atom stereocenters. The van der Waals surface area contributed by atoms with Gasteiger partial charge in [-0.3, -0.25) is 9.59 Å². The van der Waals surface area contributed by atoms with Crippen molar-refractivity contribution < 1.29 is 9.59 Å². The second kappa shape index (κ2) is 7.69. The van der Waals surface area contributed by atoms with Gasteiger partial charge in [0.25, 0.3) is 0 Å². The minimum absolute atomic E-state index is 0.0494. The Labute approximate surface area is 143 Å². The Hall–Kier alpha value is -2.04. The zero-order chi connectivity index (χ0) is 16.9. The summed E-state index contributed by atoms with van der Waals surface area (Å²) in [5, 5.41) is 6.27. The normalized spacial score (nSPS) is 24.0. The van der Waals surface area contributed by atoms with Gasteiger partial charge in [0.2, 0.25) is 11.8 Å². The van der Waals surface area contributed by atoms with E-state index in [1.807, 2.05) is 29.2 Å². The third kappa shape index (κ3) is 4.28. The van der Waals surface area contributed by atoms with Crippen molar-refractivity contribution in [2.24, 2.45) is 5.92 Å². The van der Waals surface area contributed by atoms with Crippen LogP contribution in [0, 0.1) is 5.92 Å². The number of anilines is 2. The first kappa shape index (κ1) is 16.8. The minimum atomic E-state index is 0.0494. The van der Waals surface area contributed by atoms with Crippen LogP contribution in [0.2, 0.25) is 0 Å². The van der Waals surface area contributed by atoms with E-state index in [0.717, 1.165) is 43.1 Å². The van der Waals surface area contributed by atoms with Gasteiger partial charge in [-0.15, -0.1) is 0 Å². The fourth-order valence-corrected chi connectivity index (χ4v) is 3.55. The number of rotatable bonds is 5. The highest BCUT2D eigenvalue weighted by atomic mass is 16.2. The highest BCUT2D eigenvalue weighted by molar-refractivity contribution is 5.95. The van der Waals surface area contributed by atoms with E-state index in [-0.39, 0.29) is 18.4 Å².